The minimum Gasteiger partial charge on any atom is -0.338 e. The molecule has 0 fully saturated rings. The topological polar surface area (TPSA) is 80.5 Å². The smallest absolute Gasteiger partial charge is 0.241 e. The SMILES string of the molecule is Cn1cc(-c2noc(CC#N)n2)cn1. The number of hydrogen-bond acceptors (Lipinski definition) is 5. The first kappa shape index (κ1) is 8.44. The molecule has 0 aliphatic heterocycles. The Morgan fingerprint density at radius 2 is 2.50 bits per heavy atom. The fraction of sp³-hybridized carbons (Fsp3) is 0.250. The number of hydrogen-bond donors (Lipinski definition) is 0. The number of rotatable bonds is 2. The van der Waals surface area contributed by atoms with Gasteiger partial charge in [0, 0.05) is 13.2 Å². The van der Waals surface area contributed by atoms with Gasteiger partial charge in [-0.05, 0) is 0 Å². The number of aromatic nitrogens is 4. The van der Waals surface area contributed by atoms with Crippen molar-refractivity contribution in [3.05, 3.63) is 18.3 Å². The molecule has 0 N–H and O–H groups in total. The third kappa shape index (κ3) is 1.47. The van der Waals surface area contributed by atoms with Gasteiger partial charge in [0.2, 0.25) is 11.7 Å². The molecule has 0 spiro atoms. The fourth-order valence-corrected chi connectivity index (χ4v) is 1.05. The fourth-order valence-electron chi connectivity index (χ4n) is 1.05. The minimum atomic E-state index is 0.132. The molecular formula is C8H7N5O. The van der Waals surface area contributed by atoms with Gasteiger partial charge in [-0.15, -0.1) is 0 Å². The van der Waals surface area contributed by atoms with Crippen LogP contribution >= 0.6 is 0 Å². The second-order valence-electron chi connectivity index (χ2n) is 2.75. The molecule has 0 amide bonds. The highest BCUT2D eigenvalue weighted by Crippen LogP contribution is 2.13. The minimum absolute atomic E-state index is 0.132. The van der Waals surface area contributed by atoms with Crippen LogP contribution in [0.2, 0.25) is 0 Å². The maximum absolute atomic E-state index is 8.41. The molecule has 0 atom stereocenters. The number of nitrogens with zero attached hydrogens (tertiary/aromatic N) is 5. The summed E-state index contributed by atoms with van der Waals surface area (Å²) in [4.78, 5) is 4.03. The molecule has 14 heavy (non-hydrogen) atoms. The lowest BCUT2D eigenvalue weighted by atomic mass is 10.3. The van der Waals surface area contributed by atoms with Gasteiger partial charge in [0.1, 0.15) is 6.42 Å². The van der Waals surface area contributed by atoms with Crippen molar-refractivity contribution >= 4 is 0 Å². The molecule has 0 unspecified atom stereocenters. The van der Waals surface area contributed by atoms with E-state index < -0.39 is 0 Å². The zero-order valence-electron chi connectivity index (χ0n) is 7.51. The quantitative estimate of drug-likeness (QED) is 0.688. The summed E-state index contributed by atoms with van der Waals surface area (Å²) in [7, 11) is 1.81. The summed E-state index contributed by atoms with van der Waals surface area (Å²) in [5.74, 6) is 0.787. The molecular weight excluding hydrogens is 182 g/mol. The summed E-state index contributed by atoms with van der Waals surface area (Å²) in [6, 6.07) is 1.94. The first-order valence-electron chi connectivity index (χ1n) is 3.98. The zero-order valence-corrected chi connectivity index (χ0v) is 7.51. The van der Waals surface area contributed by atoms with Crippen molar-refractivity contribution in [2.75, 3.05) is 0 Å². The number of nitriles is 1. The van der Waals surface area contributed by atoms with E-state index in [9.17, 15) is 0 Å². The predicted octanol–water partition coefficient (Wildman–Crippen LogP) is 0.536. The average molecular weight is 189 g/mol. The Morgan fingerprint density at radius 1 is 1.64 bits per heavy atom. The van der Waals surface area contributed by atoms with Crippen LogP contribution in [0.5, 0.6) is 0 Å². The van der Waals surface area contributed by atoms with Crippen LogP contribution in [0.3, 0.4) is 0 Å². The van der Waals surface area contributed by atoms with Crippen molar-refractivity contribution in [1.82, 2.24) is 19.9 Å². The molecule has 2 heterocycles. The van der Waals surface area contributed by atoms with Gasteiger partial charge in [-0.3, -0.25) is 4.68 Å². The molecule has 70 valence electrons. The molecule has 0 saturated heterocycles. The molecule has 0 radical (unpaired) electrons. The van der Waals surface area contributed by atoms with Crippen LogP contribution in [0.4, 0.5) is 0 Å². The van der Waals surface area contributed by atoms with Crippen LogP contribution in [0.1, 0.15) is 5.89 Å². The van der Waals surface area contributed by atoms with Crippen LogP contribution in [-0.2, 0) is 13.5 Å². The summed E-state index contributed by atoms with van der Waals surface area (Å²) in [5.41, 5.74) is 0.778. The van der Waals surface area contributed by atoms with Crippen molar-refractivity contribution in [2.45, 2.75) is 6.42 Å². The average Bonchev–Trinajstić information content (AvgIpc) is 2.74. The van der Waals surface area contributed by atoms with Crippen LogP contribution in [0, 0.1) is 11.3 Å². The first-order chi connectivity index (χ1) is 6.79. The first-order valence-corrected chi connectivity index (χ1v) is 3.98. The normalized spacial score (nSPS) is 10.0. The van der Waals surface area contributed by atoms with Crippen molar-refractivity contribution in [1.29, 1.82) is 5.26 Å². The van der Waals surface area contributed by atoms with Crippen LogP contribution in [0.15, 0.2) is 16.9 Å². The van der Waals surface area contributed by atoms with E-state index in [1.165, 1.54) is 0 Å². The standard InChI is InChI=1S/C8H7N5O/c1-13-5-6(4-10-13)8-11-7(2-3-9)14-12-8/h4-5H,2H2,1H3. The number of aryl methyl sites for hydroxylation is 1. The lowest BCUT2D eigenvalue weighted by molar-refractivity contribution is 0.388. The van der Waals surface area contributed by atoms with Gasteiger partial charge in [0.25, 0.3) is 0 Å². The highest BCUT2D eigenvalue weighted by Gasteiger charge is 2.09. The maximum atomic E-state index is 8.41. The van der Waals surface area contributed by atoms with E-state index in [0.29, 0.717) is 11.7 Å². The van der Waals surface area contributed by atoms with Crippen molar-refractivity contribution in [3.8, 4) is 17.5 Å². The molecule has 0 aliphatic carbocycles. The molecule has 0 aromatic carbocycles. The van der Waals surface area contributed by atoms with Crippen molar-refractivity contribution in [2.24, 2.45) is 7.05 Å². The lowest BCUT2D eigenvalue weighted by Gasteiger charge is -1.82. The second kappa shape index (κ2) is 3.30. The van der Waals surface area contributed by atoms with E-state index in [4.69, 9.17) is 9.78 Å². The van der Waals surface area contributed by atoms with Crippen LogP contribution in [0.25, 0.3) is 11.4 Å². The largest absolute Gasteiger partial charge is 0.338 e. The van der Waals surface area contributed by atoms with E-state index in [1.54, 1.807) is 24.1 Å². The summed E-state index contributed by atoms with van der Waals surface area (Å²) in [6.45, 7) is 0. The molecule has 2 aromatic heterocycles. The zero-order chi connectivity index (χ0) is 9.97. The Hall–Kier alpha value is -2.16. The third-order valence-corrected chi connectivity index (χ3v) is 1.66. The Bertz CT molecular complexity index is 478. The summed E-state index contributed by atoms with van der Waals surface area (Å²) < 4.78 is 6.50. The Balaban J connectivity index is 2.30. The monoisotopic (exact) mass is 189 g/mol. The van der Waals surface area contributed by atoms with Gasteiger partial charge < -0.3 is 4.52 Å². The Labute approximate surface area is 79.8 Å². The van der Waals surface area contributed by atoms with Gasteiger partial charge in [-0.2, -0.15) is 15.3 Å². The molecule has 0 bridgehead atoms. The summed E-state index contributed by atoms with van der Waals surface area (Å²) >= 11 is 0. The van der Waals surface area contributed by atoms with Gasteiger partial charge >= 0.3 is 0 Å². The van der Waals surface area contributed by atoms with Crippen molar-refractivity contribution in [3.63, 3.8) is 0 Å². The summed E-state index contributed by atoms with van der Waals surface area (Å²) in [5, 5.41) is 16.1. The Morgan fingerprint density at radius 3 is 3.14 bits per heavy atom. The van der Waals surface area contributed by atoms with Crippen LogP contribution < -0.4 is 0 Å². The van der Waals surface area contributed by atoms with E-state index >= 15 is 0 Å². The van der Waals surface area contributed by atoms with Gasteiger partial charge in [0.05, 0.1) is 17.8 Å². The molecule has 0 saturated carbocycles. The second-order valence-corrected chi connectivity index (χ2v) is 2.75. The van der Waals surface area contributed by atoms with Crippen LogP contribution in [-0.4, -0.2) is 19.9 Å². The van der Waals surface area contributed by atoms with E-state index in [0.717, 1.165) is 5.56 Å². The Kier molecular flexibility index (Phi) is 1.99. The highest BCUT2D eigenvalue weighted by molar-refractivity contribution is 5.50. The third-order valence-electron chi connectivity index (χ3n) is 1.66. The highest BCUT2D eigenvalue weighted by atomic mass is 16.5. The maximum Gasteiger partial charge on any atom is 0.241 e. The molecule has 2 rings (SSSR count). The van der Waals surface area contributed by atoms with Gasteiger partial charge in [0.15, 0.2) is 0 Å². The van der Waals surface area contributed by atoms with Crippen molar-refractivity contribution < 1.29 is 4.52 Å². The van der Waals surface area contributed by atoms with E-state index in [1.807, 2.05) is 6.07 Å². The van der Waals surface area contributed by atoms with E-state index in [-0.39, 0.29) is 6.42 Å². The summed E-state index contributed by atoms with van der Waals surface area (Å²) in [6.07, 6.45) is 3.55. The van der Waals surface area contributed by atoms with Gasteiger partial charge in [-0.25, -0.2) is 0 Å². The molecule has 6 nitrogen and oxygen atoms in total. The molecule has 2 aromatic rings. The molecule has 0 aliphatic rings. The van der Waals surface area contributed by atoms with Gasteiger partial charge in [-0.1, -0.05) is 5.16 Å². The predicted molar refractivity (Wildman–Crippen MR) is 45.8 cm³/mol. The molecule has 6 heteroatoms. The lowest BCUT2D eigenvalue weighted by Crippen LogP contribution is -1.84. The van der Waals surface area contributed by atoms with E-state index in [2.05, 4.69) is 15.2 Å².